The second kappa shape index (κ2) is 5.96. The van der Waals surface area contributed by atoms with E-state index in [4.69, 9.17) is 11.6 Å². The van der Waals surface area contributed by atoms with Gasteiger partial charge in [0, 0.05) is 22.9 Å². The van der Waals surface area contributed by atoms with E-state index in [1.165, 1.54) is 6.07 Å². The predicted molar refractivity (Wildman–Crippen MR) is 69.6 cm³/mol. The summed E-state index contributed by atoms with van der Waals surface area (Å²) in [5.74, 6) is 0. The molecule has 1 N–H and O–H groups in total. The molecule has 0 radical (unpaired) electrons. The molecule has 0 saturated carbocycles. The number of halogens is 1. The number of thioether (sulfide) groups is 1. The van der Waals surface area contributed by atoms with E-state index in [1.54, 1.807) is 23.9 Å². The van der Waals surface area contributed by atoms with Crippen molar-refractivity contribution >= 4 is 34.7 Å². The van der Waals surface area contributed by atoms with Gasteiger partial charge in [0.15, 0.2) is 0 Å². The van der Waals surface area contributed by atoms with Gasteiger partial charge in [-0.2, -0.15) is 11.8 Å². The molecule has 1 atom stereocenters. The van der Waals surface area contributed by atoms with Crippen LogP contribution in [0.4, 0.5) is 11.4 Å². The first kappa shape index (κ1) is 13.1. The second-order valence-electron chi connectivity index (χ2n) is 3.35. The molecule has 0 fully saturated rings. The average Bonchev–Trinajstić information content (AvgIpc) is 2.26. The number of nitro groups is 1. The maximum Gasteiger partial charge on any atom is 0.293 e. The van der Waals surface area contributed by atoms with Gasteiger partial charge in [-0.1, -0.05) is 18.5 Å². The molecule has 0 spiro atoms. The Balaban J connectivity index is 2.82. The van der Waals surface area contributed by atoms with Crippen molar-refractivity contribution in [2.24, 2.45) is 0 Å². The molecule has 6 heteroatoms. The minimum Gasteiger partial charge on any atom is -0.378 e. The highest BCUT2D eigenvalue weighted by Crippen LogP contribution is 2.27. The van der Waals surface area contributed by atoms with Crippen LogP contribution in [0, 0.1) is 10.1 Å². The number of hydrogen-bond acceptors (Lipinski definition) is 4. The van der Waals surface area contributed by atoms with Gasteiger partial charge in [0.2, 0.25) is 0 Å². The molecule has 16 heavy (non-hydrogen) atoms. The van der Waals surface area contributed by atoms with Crippen LogP contribution in [0.15, 0.2) is 18.2 Å². The molecule has 1 aromatic carbocycles. The largest absolute Gasteiger partial charge is 0.378 e. The molecule has 88 valence electrons. The Kier molecular flexibility index (Phi) is 4.89. The van der Waals surface area contributed by atoms with E-state index in [9.17, 15) is 10.1 Å². The fraction of sp³-hybridized carbons (Fsp3) is 0.400. The molecule has 0 bridgehead atoms. The molecular weight excluding hydrogens is 248 g/mol. The van der Waals surface area contributed by atoms with Crippen molar-refractivity contribution in [2.45, 2.75) is 12.2 Å². The van der Waals surface area contributed by atoms with Crippen molar-refractivity contribution in [1.82, 2.24) is 0 Å². The minimum absolute atomic E-state index is 0.0146. The van der Waals surface area contributed by atoms with Crippen LogP contribution in [0.1, 0.15) is 6.92 Å². The van der Waals surface area contributed by atoms with Gasteiger partial charge < -0.3 is 5.32 Å². The van der Waals surface area contributed by atoms with Gasteiger partial charge in [0.05, 0.1) is 4.92 Å². The van der Waals surface area contributed by atoms with Gasteiger partial charge in [-0.25, -0.2) is 0 Å². The Hall–Kier alpha value is -0.940. The standard InChI is InChI=1S/C10H13ClN2O2S/c1-7(16-2)6-12-9-4-3-8(11)5-10(9)13(14)15/h3-5,7,12H,6H2,1-2H3. The molecule has 0 aliphatic rings. The summed E-state index contributed by atoms with van der Waals surface area (Å²) in [6.07, 6.45) is 2.00. The highest BCUT2D eigenvalue weighted by Gasteiger charge is 2.14. The van der Waals surface area contributed by atoms with Crippen LogP contribution in [0.25, 0.3) is 0 Å². The zero-order chi connectivity index (χ0) is 12.1. The number of nitro benzene ring substituents is 1. The normalized spacial score (nSPS) is 12.2. The maximum absolute atomic E-state index is 10.8. The van der Waals surface area contributed by atoms with Crippen molar-refractivity contribution in [3.63, 3.8) is 0 Å². The molecule has 0 heterocycles. The van der Waals surface area contributed by atoms with Crippen LogP contribution < -0.4 is 5.32 Å². The van der Waals surface area contributed by atoms with Crippen LogP contribution in [-0.2, 0) is 0 Å². The summed E-state index contributed by atoms with van der Waals surface area (Å²) >= 11 is 7.42. The van der Waals surface area contributed by atoms with Crippen molar-refractivity contribution in [1.29, 1.82) is 0 Å². The summed E-state index contributed by atoms with van der Waals surface area (Å²) in [6.45, 7) is 2.74. The fourth-order valence-corrected chi connectivity index (χ4v) is 1.56. The molecule has 0 amide bonds. The molecule has 1 rings (SSSR count). The van der Waals surface area contributed by atoms with E-state index in [1.807, 2.05) is 6.26 Å². The van der Waals surface area contributed by atoms with Gasteiger partial charge in [0.25, 0.3) is 5.69 Å². The van der Waals surface area contributed by atoms with Crippen molar-refractivity contribution < 1.29 is 4.92 Å². The minimum atomic E-state index is -0.433. The third-order valence-corrected chi connectivity index (χ3v) is 3.35. The average molecular weight is 261 g/mol. The van der Waals surface area contributed by atoms with Gasteiger partial charge in [-0.15, -0.1) is 0 Å². The number of nitrogens with one attached hydrogen (secondary N) is 1. The van der Waals surface area contributed by atoms with Crippen LogP contribution in [0.3, 0.4) is 0 Å². The molecular formula is C10H13ClN2O2S. The third-order valence-electron chi connectivity index (χ3n) is 2.14. The summed E-state index contributed by atoms with van der Waals surface area (Å²) in [5.41, 5.74) is 0.524. The van der Waals surface area contributed by atoms with Crippen molar-refractivity contribution in [3.8, 4) is 0 Å². The van der Waals surface area contributed by atoms with Crippen LogP contribution >= 0.6 is 23.4 Å². The Bertz CT molecular complexity index is 387. The SMILES string of the molecule is CSC(C)CNc1ccc(Cl)cc1[N+](=O)[O-]. The van der Waals surface area contributed by atoms with Gasteiger partial charge >= 0.3 is 0 Å². The first-order chi connectivity index (χ1) is 7.54. The highest BCUT2D eigenvalue weighted by atomic mass is 35.5. The fourth-order valence-electron chi connectivity index (χ4n) is 1.14. The van der Waals surface area contributed by atoms with Crippen LogP contribution in [-0.4, -0.2) is 23.0 Å². The zero-order valence-electron chi connectivity index (χ0n) is 9.07. The summed E-state index contributed by atoms with van der Waals surface area (Å²) < 4.78 is 0. The lowest BCUT2D eigenvalue weighted by atomic mass is 10.2. The van der Waals surface area contributed by atoms with Crippen LogP contribution in [0.2, 0.25) is 5.02 Å². The second-order valence-corrected chi connectivity index (χ2v) is 5.06. The number of nitrogens with zero attached hydrogens (tertiary/aromatic N) is 1. The number of rotatable bonds is 5. The summed E-state index contributed by atoms with van der Waals surface area (Å²) in [6, 6.07) is 4.63. The van der Waals surface area contributed by atoms with E-state index in [0.29, 0.717) is 22.5 Å². The van der Waals surface area contributed by atoms with E-state index in [0.717, 1.165) is 0 Å². The van der Waals surface area contributed by atoms with Crippen LogP contribution in [0.5, 0.6) is 0 Å². The molecule has 1 aromatic rings. The van der Waals surface area contributed by atoms with Gasteiger partial charge in [-0.05, 0) is 18.4 Å². The third kappa shape index (κ3) is 3.57. The molecule has 0 aliphatic carbocycles. The molecule has 0 aromatic heterocycles. The predicted octanol–water partition coefficient (Wildman–Crippen LogP) is 3.41. The van der Waals surface area contributed by atoms with E-state index < -0.39 is 4.92 Å². The smallest absolute Gasteiger partial charge is 0.293 e. The van der Waals surface area contributed by atoms with E-state index >= 15 is 0 Å². The molecule has 0 saturated heterocycles. The maximum atomic E-state index is 10.8. The lowest BCUT2D eigenvalue weighted by Crippen LogP contribution is -2.13. The topological polar surface area (TPSA) is 55.2 Å². The summed E-state index contributed by atoms with van der Waals surface area (Å²) in [7, 11) is 0. The first-order valence-electron chi connectivity index (χ1n) is 4.75. The van der Waals surface area contributed by atoms with Crippen molar-refractivity contribution in [2.75, 3.05) is 18.1 Å². The Morgan fingerprint density at radius 3 is 2.88 bits per heavy atom. The van der Waals surface area contributed by atoms with Crippen molar-refractivity contribution in [3.05, 3.63) is 33.3 Å². The lowest BCUT2D eigenvalue weighted by Gasteiger charge is -2.11. The Morgan fingerprint density at radius 1 is 1.62 bits per heavy atom. The summed E-state index contributed by atoms with van der Waals surface area (Å²) in [5, 5.41) is 14.6. The van der Waals surface area contributed by atoms with Gasteiger partial charge in [-0.3, -0.25) is 10.1 Å². The Labute approximate surface area is 104 Å². The molecule has 1 unspecified atom stereocenters. The number of anilines is 1. The molecule has 4 nitrogen and oxygen atoms in total. The van der Waals surface area contributed by atoms with Gasteiger partial charge in [0.1, 0.15) is 5.69 Å². The summed E-state index contributed by atoms with van der Waals surface area (Å²) in [4.78, 5) is 10.4. The Morgan fingerprint density at radius 2 is 2.31 bits per heavy atom. The first-order valence-corrected chi connectivity index (χ1v) is 6.41. The zero-order valence-corrected chi connectivity index (χ0v) is 10.6. The lowest BCUT2D eigenvalue weighted by molar-refractivity contribution is -0.383. The number of hydrogen-bond donors (Lipinski definition) is 1. The number of benzene rings is 1. The van der Waals surface area contributed by atoms with E-state index in [-0.39, 0.29) is 5.69 Å². The molecule has 0 aliphatic heterocycles. The van der Waals surface area contributed by atoms with E-state index in [2.05, 4.69) is 12.2 Å². The highest BCUT2D eigenvalue weighted by molar-refractivity contribution is 7.99. The monoisotopic (exact) mass is 260 g/mol. The quantitative estimate of drug-likeness (QED) is 0.651.